The van der Waals surface area contributed by atoms with E-state index in [0.29, 0.717) is 0 Å². The highest BCUT2D eigenvalue weighted by Crippen LogP contribution is 2.18. The summed E-state index contributed by atoms with van der Waals surface area (Å²) in [5.41, 5.74) is 4.69. The Hall–Kier alpha value is -2.29. The van der Waals surface area contributed by atoms with Gasteiger partial charge in [-0.1, -0.05) is 12.1 Å². The molecule has 2 aromatic heterocycles. The zero-order valence-electron chi connectivity index (χ0n) is 10.3. The van der Waals surface area contributed by atoms with Crippen molar-refractivity contribution in [2.24, 2.45) is 0 Å². The van der Waals surface area contributed by atoms with E-state index >= 15 is 0 Å². The molecule has 3 aromatic rings. The fourth-order valence-electron chi connectivity index (χ4n) is 2.15. The molecule has 90 valence electrons. The van der Waals surface area contributed by atoms with Gasteiger partial charge in [0.25, 0.3) is 0 Å². The molecule has 0 radical (unpaired) electrons. The van der Waals surface area contributed by atoms with E-state index < -0.39 is 0 Å². The maximum absolute atomic E-state index is 4.18. The van der Waals surface area contributed by atoms with Crippen LogP contribution in [0.15, 0.2) is 48.9 Å². The number of nitrogens with one attached hydrogen (secondary N) is 2. The van der Waals surface area contributed by atoms with E-state index in [9.17, 15) is 0 Å². The van der Waals surface area contributed by atoms with Crippen molar-refractivity contribution < 1.29 is 0 Å². The van der Waals surface area contributed by atoms with E-state index in [-0.39, 0.29) is 0 Å². The maximum Gasteiger partial charge on any atom is 0.0532 e. The summed E-state index contributed by atoms with van der Waals surface area (Å²) in [6.07, 6.45) is 5.69. The summed E-state index contributed by atoms with van der Waals surface area (Å²) >= 11 is 0. The van der Waals surface area contributed by atoms with Crippen molar-refractivity contribution in [3.8, 4) is 0 Å². The molecule has 0 aliphatic rings. The molecule has 0 bridgehead atoms. The molecule has 0 spiro atoms. The second-order valence-electron chi connectivity index (χ2n) is 4.46. The molecule has 3 nitrogen and oxygen atoms in total. The third kappa shape index (κ3) is 2.07. The highest BCUT2D eigenvalue weighted by molar-refractivity contribution is 5.83. The van der Waals surface area contributed by atoms with Crippen molar-refractivity contribution >= 4 is 16.6 Å². The highest BCUT2D eigenvalue weighted by atomic mass is 14.9. The number of hydrogen-bond acceptors (Lipinski definition) is 2. The number of aromatic nitrogens is 2. The third-order valence-electron chi connectivity index (χ3n) is 3.04. The number of rotatable bonds is 3. The van der Waals surface area contributed by atoms with Crippen LogP contribution in [0.25, 0.3) is 10.9 Å². The van der Waals surface area contributed by atoms with Gasteiger partial charge in [0.1, 0.15) is 0 Å². The van der Waals surface area contributed by atoms with Crippen LogP contribution < -0.4 is 5.32 Å². The number of aryl methyl sites for hydroxylation is 1. The van der Waals surface area contributed by atoms with Gasteiger partial charge in [0, 0.05) is 36.0 Å². The molecule has 1 aromatic carbocycles. The molecule has 2 heterocycles. The fourth-order valence-corrected chi connectivity index (χ4v) is 2.15. The van der Waals surface area contributed by atoms with Gasteiger partial charge in [-0.25, -0.2) is 0 Å². The zero-order chi connectivity index (χ0) is 12.4. The van der Waals surface area contributed by atoms with Crippen LogP contribution in [0.1, 0.15) is 11.1 Å². The molecule has 3 heteroatoms. The summed E-state index contributed by atoms with van der Waals surface area (Å²) in [4.78, 5) is 7.41. The monoisotopic (exact) mass is 237 g/mol. The van der Waals surface area contributed by atoms with Gasteiger partial charge < -0.3 is 10.3 Å². The number of H-pyrrole nitrogens is 1. The van der Waals surface area contributed by atoms with Crippen LogP contribution >= 0.6 is 0 Å². The average Bonchev–Trinajstić information content (AvgIpc) is 2.85. The van der Waals surface area contributed by atoms with Gasteiger partial charge in [0.05, 0.1) is 5.69 Å². The molecule has 0 saturated carbocycles. The summed E-state index contributed by atoms with van der Waals surface area (Å²) < 4.78 is 0. The van der Waals surface area contributed by atoms with E-state index in [0.717, 1.165) is 12.2 Å². The molecule has 0 aliphatic carbocycles. The number of anilines is 1. The predicted molar refractivity (Wildman–Crippen MR) is 74.6 cm³/mol. The first-order valence-corrected chi connectivity index (χ1v) is 6.03. The summed E-state index contributed by atoms with van der Waals surface area (Å²) in [6.45, 7) is 2.85. The minimum atomic E-state index is 0.806. The van der Waals surface area contributed by atoms with Crippen LogP contribution in [-0.2, 0) is 6.54 Å². The Kier molecular flexibility index (Phi) is 2.73. The number of fused-ring (bicyclic) bond motifs is 1. The first kappa shape index (κ1) is 10.8. The Labute approximate surface area is 106 Å². The molecule has 2 N–H and O–H groups in total. The van der Waals surface area contributed by atoms with Gasteiger partial charge in [-0.3, -0.25) is 4.98 Å². The van der Waals surface area contributed by atoms with E-state index in [1.54, 1.807) is 0 Å². The molecule has 18 heavy (non-hydrogen) atoms. The number of benzene rings is 1. The Morgan fingerprint density at radius 3 is 3.06 bits per heavy atom. The Morgan fingerprint density at radius 1 is 1.22 bits per heavy atom. The molecular weight excluding hydrogens is 222 g/mol. The van der Waals surface area contributed by atoms with Crippen molar-refractivity contribution in [3.05, 3.63) is 60.0 Å². The Balaban J connectivity index is 1.83. The van der Waals surface area contributed by atoms with Gasteiger partial charge >= 0.3 is 0 Å². The van der Waals surface area contributed by atoms with Crippen LogP contribution in [-0.4, -0.2) is 9.97 Å². The molecule has 0 unspecified atom stereocenters. The van der Waals surface area contributed by atoms with Gasteiger partial charge in [0.15, 0.2) is 0 Å². The molecule has 0 atom stereocenters. The van der Waals surface area contributed by atoms with E-state index in [4.69, 9.17) is 0 Å². The second kappa shape index (κ2) is 4.53. The average molecular weight is 237 g/mol. The standard InChI is InChI=1S/C15H15N3/c1-11-7-13(10-16-8-11)18-9-12-3-2-4-15-14(12)5-6-17-15/h2-8,10,17-18H,9H2,1H3. The number of nitrogens with zero attached hydrogens (tertiary/aromatic N) is 1. The molecule has 0 amide bonds. The summed E-state index contributed by atoms with van der Waals surface area (Å²) in [7, 11) is 0. The number of hydrogen-bond donors (Lipinski definition) is 2. The molecule has 0 fully saturated rings. The molecule has 0 saturated heterocycles. The van der Waals surface area contributed by atoms with Crippen LogP contribution in [0.2, 0.25) is 0 Å². The minimum Gasteiger partial charge on any atom is -0.380 e. The third-order valence-corrected chi connectivity index (χ3v) is 3.04. The van der Waals surface area contributed by atoms with Gasteiger partial charge in [-0.2, -0.15) is 0 Å². The minimum absolute atomic E-state index is 0.806. The van der Waals surface area contributed by atoms with Gasteiger partial charge in [0.2, 0.25) is 0 Å². The fraction of sp³-hybridized carbons (Fsp3) is 0.133. The number of pyridine rings is 1. The SMILES string of the molecule is Cc1cncc(NCc2cccc3[nH]ccc23)c1. The van der Waals surface area contributed by atoms with Crippen molar-refractivity contribution in [1.29, 1.82) is 0 Å². The van der Waals surface area contributed by atoms with Crippen molar-refractivity contribution in [3.63, 3.8) is 0 Å². The van der Waals surface area contributed by atoms with E-state index in [1.807, 2.05) is 25.5 Å². The van der Waals surface area contributed by atoms with Crippen LogP contribution in [0.4, 0.5) is 5.69 Å². The number of aromatic amines is 1. The molecule has 3 rings (SSSR count). The van der Waals surface area contributed by atoms with Crippen molar-refractivity contribution in [2.45, 2.75) is 13.5 Å². The largest absolute Gasteiger partial charge is 0.380 e. The Bertz CT molecular complexity index is 670. The lowest BCUT2D eigenvalue weighted by Gasteiger charge is -2.07. The lowest BCUT2D eigenvalue weighted by atomic mass is 10.1. The topological polar surface area (TPSA) is 40.7 Å². The predicted octanol–water partition coefficient (Wildman–Crippen LogP) is 3.48. The van der Waals surface area contributed by atoms with Gasteiger partial charge in [-0.05, 0) is 36.2 Å². The zero-order valence-corrected chi connectivity index (χ0v) is 10.3. The molecular formula is C15H15N3. The normalized spacial score (nSPS) is 10.7. The smallest absolute Gasteiger partial charge is 0.0532 e. The second-order valence-corrected chi connectivity index (χ2v) is 4.46. The summed E-state index contributed by atoms with van der Waals surface area (Å²) in [6, 6.07) is 10.5. The van der Waals surface area contributed by atoms with Crippen LogP contribution in [0.3, 0.4) is 0 Å². The summed E-state index contributed by atoms with van der Waals surface area (Å²) in [5, 5.41) is 4.68. The van der Waals surface area contributed by atoms with Crippen molar-refractivity contribution in [2.75, 3.05) is 5.32 Å². The van der Waals surface area contributed by atoms with E-state index in [1.165, 1.54) is 22.0 Å². The highest BCUT2D eigenvalue weighted by Gasteiger charge is 2.01. The maximum atomic E-state index is 4.18. The first-order valence-electron chi connectivity index (χ1n) is 6.03. The van der Waals surface area contributed by atoms with Crippen molar-refractivity contribution in [1.82, 2.24) is 9.97 Å². The van der Waals surface area contributed by atoms with E-state index in [2.05, 4.69) is 45.6 Å². The molecule has 0 aliphatic heterocycles. The quantitative estimate of drug-likeness (QED) is 0.732. The Morgan fingerprint density at radius 2 is 2.17 bits per heavy atom. The summed E-state index contributed by atoms with van der Waals surface area (Å²) in [5.74, 6) is 0. The van der Waals surface area contributed by atoms with Crippen LogP contribution in [0, 0.1) is 6.92 Å². The lowest BCUT2D eigenvalue weighted by molar-refractivity contribution is 1.14. The van der Waals surface area contributed by atoms with Gasteiger partial charge in [-0.15, -0.1) is 0 Å². The van der Waals surface area contributed by atoms with Crippen LogP contribution in [0.5, 0.6) is 0 Å². The first-order chi connectivity index (χ1) is 8.83. The lowest BCUT2D eigenvalue weighted by Crippen LogP contribution is -2.00.